The molecule has 0 aliphatic rings. The van der Waals surface area contributed by atoms with Crippen molar-refractivity contribution >= 4 is 17.0 Å². The van der Waals surface area contributed by atoms with Crippen LogP contribution in [0.3, 0.4) is 0 Å². The Morgan fingerprint density at radius 3 is 2.74 bits per heavy atom. The molecule has 0 aliphatic carbocycles. The Hall–Kier alpha value is -2.57. The quantitative estimate of drug-likeness (QED) is 0.693. The summed E-state index contributed by atoms with van der Waals surface area (Å²) in [7, 11) is 0. The van der Waals surface area contributed by atoms with Crippen LogP contribution in [-0.2, 0) is 0 Å². The van der Waals surface area contributed by atoms with E-state index < -0.39 is 5.82 Å². The fraction of sp³-hybridized carbons (Fsp3) is 0.167. The van der Waals surface area contributed by atoms with Gasteiger partial charge < -0.3 is 10.7 Å². The molecule has 0 saturated heterocycles. The molecule has 7 heteroatoms. The molecule has 0 bridgehead atoms. The lowest BCUT2D eigenvalue weighted by Gasteiger charge is -2.03. The van der Waals surface area contributed by atoms with Crippen molar-refractivity contribution in [1.29, 1.82) is 0 Å². The average molecular weight is 258 g/mol. The molecule has 0 fully saturated rings. The lowest BCUT2D eigenvalue weighted by Crippen LogP contribution is -2.03. The van der Waals surface area contributed by atoms with Crippen LogP contribution in [-0.4, -0.2) is 24.9 Å². The van der Waals surface area contributed by atoms with Crippen LogP contribution in [0.15, 0.2) is 12.4 Å². The van der Waals surface area contributed by atoms with Crippen LogP contribution < -0.4 is 5.73 Å². The molecule has 3 aromatic rings. The molecule has 0 amide bonds. The number of nitrogens with two attached hydrogens (primary N) is 1. The van der Waals surface area contributed by atoms with Crippen molar-refractivity contribution in [3.8, 4) is 11.4 Å². The standard InChI is InChI=1S/C12H11FN6/c1-5-3-15-12-9(17-5)7(4-16-12)11-18-6(2)8(13)10(14)19-11/h3-4H,1-2H3,(H,15,16)(H2,14,18,19). The van der Waals surface area contributed by atoms with Crippen LogP contribution in [0.1, 0.15) is 11.4 Å². The zero-order valence-corrected chi connectivity index (χ0v) is 10.4. The Morgan fingerprint density at radius 1 is 1.21 bits per heavy atom. The Balaban J connectivity index is 2.27. The third-order valence-electron chi connectivity index (χ3n) is 2.78. The van der Waals surface area contributed by atoms with Crippen molar-refractivity contribution in [2.45, 2.75) is 13.8 Å². The largest absolute Gasteiger partial charge is 0.381 e. The summed E-state index contributed by atoms with van der Waals surface area (Å²) in [6.07, 6.45) is 3.35. The van der Waals surface area contributed by atoms with E-state index in [9.17, 15) is 4.39 Å². The van der Waals surface area contributed by atoms with E-state index in [1.54, 1.807) is 19.3 Å². The van der Waals surface area contributed by atoms with Gasteiger partial charge in [0.15, 0.2) is 23.1 Å². The van der Waals surface area contributed by atoms with E-state index in [0.717, 1.165) is 5.69 Å². The number of fused-ring (bicyclic) bond motifs is 1. The van der Waals surface area contributed by atoms with Crippen LogP contribution in [0.5, 0.6) is 0 Å². The van der Waals surface area contributed by atoms with Gasteiger partial charge in [0.25, 0.3) is 0 Å². The van der Waals surface area contributed by atoms with E-state index in [4.69, 9.17) is 5.73 Å². The topological polar surface area (TPSA) is 93.4 Å². The molecule has 3 N–H and O–H groups in total. The maximum absolute atomic E-state index is 13.4. The molecule has 0 atom stereocenters. The molecular formula is C12H11FN6. The fourth-order valence-electron chi connectivity index (χ4n) is 1.85. The first-order valence-electron chi connectivity index (χ1n) is 5.67. The molecule has 6 nitrogen and oxygen atoms in total. The molecule has 96 valence electrons. The second kappa shape index (κ2) is 3.98. The molecule has 0 spiro atoms. The van der Waals surface area contributed by atoms with E-state index in [2.05, 4.69) is 24.9 Å². The number of nitrogens with one attached hydrogen (secondary N) is 1. The van der Waals surface area contributed by atoms with Crippen LogP contribution in [0.25, 0.3) is 22.6 Å². The fourth-order valence-corrected chi connectivity index (χ4v) is 1.85. The summed E-state index contributed by atoms with van der Waals surface area (Å²) in [6.45, 7) is 3.39. The van der Waals surface area contributed by atoms with Gasteiger partial charge in [-0.1, -0.05) is 0 Å². The number of halogens is 1. The van der Waals surface area contributed by atoms with E-state index >= 15 is 0 Å². The zero-order valence-electron chi connectivity index (χ0n) is 10.4. The Bertz CT molecular complexity index is 756. The second-order valence-corrected chi connectivity index (χ2v) is 4.24. The van der Waals surface area contributed by atoms with Gasteiger partial charge in [0.05, 0.1) is 23.1 Å². The SMILES string of the molecule is Cc1cnc2[nH]cc(-c3nc(C)c(F)c(N)n3)c2n1. The van der Waals surface area contributed by atoms with Gasteiger partial charge in [-0.25, -0.2) is 24.3 Å². The summed E-state index contributed by atoms with van der Waals surface area (Å²) in [5.41, 5.74) is 8.44. The molecule has 3 heterocycles. The molecule has 0 aromatic carbocycles. The van der Waals surface area contributed by atoms with Gasteiger partial charge in [-0.3, -0.25) is 0 Å². The highest BCUT2D eigenvalue weighted by molar-refractivity contribution is 5.88. The van der Waals surface area contributed by atoms with Gasteiger partial charge in [-0.05, 0) is 13.8 Å². The zero-order chi connectivity index (χ0) is 13.6. The minimum absolute atomic E-state index is 0.169. The van der Waals surface area contributed by atoms with Gasteiger partial charge in [-0.15, -0.1) is 0 Å². The van der Waals surface area contributed by atoms with Crippen LogP contribution in [0.4, 0.5) is 10.2 Å². The number of nitrogen functional groups attached to an aromatic ring is 1. The number of rotatable bonds is 1. The number of H-pyrrole nitrogens is 1. The summed E-state index contributed by atoms with van der Waals surface area (Å²) >= 11 is 0. The third kappa shape index (κ3) is 1.79. The summed E-state index contributed by atoms with van der Waals surface area (Å²) in [6, 6.07) is 0. The summed E-state index contributed by atoms with van der Waals surface area (Å²) in [5.74, 6) is -0.425. The summed E-state index contributed by atoms with van der Waals surface area (Å²) in [5, 5.41) is 0. The van der Waals surface area contributed by atoms with Crippen molar-refractivity contribution in [2.24, 2.45) is 0 Å². The van der Waals surface area contributed by atoms with Crippen LogP contribution in [0.2, 0.25) is 0 Å². The highest BCUT2D eigenvalue weighted by Crippen LogP contribution is 2.25. The van der Waals surface area contributed by atoms with Crippen molar-refractivity contribution < 1.29 is 4.39 Å². The van der Waals surface area contributed by atoms with Crippen molar-refractivity contribution in [2.75, 3.05) is 5.73 Å². The van der Waals surface area contributed by atoms with E-state index in [-0.39, 0.29) is 11.5 Å². The third-order valence-corrected chi connectivity index (χ3v) is 2.78. The molecule has 3 rings (SSSR count). The van der Waals surface area contributed by atoms with Crippen LogP contribution in [0, 0.1) is 19.7 Å². The first kappa shape index (κ1) is 11.5. The normalized spacial score (nSPS) is 11.1. The minimum Gasteiger partial charge on any atom is -0.381 e. The lowest BCUT2D eigenvalue weighted by atomic mass is 10.2. The average Bonchev–Trinajstić information content (AvgIpc) is 2.78. The first-order valence-corrected chi connectivity index (χ1v) is 5.67. The molecule has 0 saturated carbocycles. The maximum Gasteiger partial charge on any atom is 0.186 e. The van der Waals surface area contributed by atoms with E-state index in [1.165, 1.54) is 0 Å². The first-order chi connectivity index (χ1) is 9.06. The lowest BCUT2D eigenvalue weighted by molar-refractivity contribution is 0.608. The Morgan fingerprint density at radius 2 is 2.00 bits per heavy atom. The second-order valence-electron chi connectivity index (χ2n) is 4.24. The molecule has 3 aromatic heterocycles. The number of aromatic nitrogens is 5. The highest BCUT2D eigenvalue weighted by atomic mass is 19.1. The number of hydrogen-bond acceptors (Lipinski definition) is 5. The minimum atomic E-state index is -0.592. The highest BCUT2D eigenvalue weighted by Gasteiger charge is 2.15. The van der Waals surface area contributed by atoms with Crippen LogP contribution >= 0.6 is 0 Å². The number of aryl methyl sites for hydroxylation is 2. The molecular weight excluding hydrogens is 247 g/mol. The molecule has 0 unspecified atom stereocenters. The van der Waals surface area contributed by atoms with E-state index in [0.29, 0.717) is 22.6 Å². The predicted molar refractivity (Wildman–Crippen MR) is 68.8 cm³/mol. The van der Waals surface area contributed by atoms with Crippen molar-refractivity contribution in [1.82, 2.24) is 24.9 Å². The molecule has 0 aliphatic heterocycles. The monoisotopic (exact) mass is 258 g/mol. The van der Waals surface area contributed by atoms with Crippen molar-refractivity contribution in [3.05, 3.63) is 29.6 Å². The van der Waals surface area contributed by atoms with Crippen molar-refractivity contribution in [3.63, 3.8) is 0 Å². The predicted octanol–water partition coefficient (Wildman–Crippen LogP) is 1.75. The Labute approximate surface area is 107 Å². The summed E-state index contributed by atoms with van der Waals surface area (Å²) < 4.78 is 13.4. The summed E-state index contributed by atoms with van der Waals surface area (Å²) in [4.78, 5) is 19.6. The number of nitrogens with zero attached hydrogens (tertiary/aromatic N) is 4. The number of hydrogen-bond donors (Lipinski definition) is 2. The Kier molecular flexibility index (Phi) is 2.41. The van der Waals surface area contributed by atoms with Gasteiger partial charge in [0, 0.05) is 6.20 Å². The van der Waals surface area contributed by atoms with E-state index in [1.807, 2.05) is 6.92 Å². The van der Waals surface area contributed by atoms with Gasteiger partial charge >= 0.3 is 0 Å². The molecule has 19 heavy (non-hydrogen) atoms. The molecule has 0 radical (unpaired) electrons. The van der Waals surface area contributed by atoms with Gasteiger partial charge in [0.2, 0.25) is 0 Å². The number of aromatic amines is 1. The smallest absolute Gasteiger partial charge is 0.186 e. The van der Waals surface area contributed by atoms with Gasteiger partial charge in [-0.2, -0.15) is 0 Å². The number of anilines is 1. The van der Waals surface area contributed by atoms with Gasteiger partial charge in [0.1, 0.15) is 5.52 Å². The maximum atomic E-state index is 13.4.